The lowest BCUT2D eigenvalue weighted by molar-refractivity contribution is 0.199. The van der Waals surface area contributed by atoms with Crippen LogP contribution in [0, 0.1) is 6.92 Å². The number of phosphoric ester groups is 1. The van der Waals surface area contributed by atoms with E-state index in [4.69, 9.17) is 9.79 Å². The Morgan fingerprint density at radius 2 is 2.38 bits per heavy atom. The quantitative estimate of drug-likeness (QED) is 0.747. The van der Waals surface area contributed by atoms with Gasteiger partial charge < -0.3 is 9.79 Å². The third-order valence-corrected chi connectivity index (χ3v) is 2.77. The average molecular weight is 223 g/mol. The largest absolute Gasteiger partial charge is 0.469 e. The van der Waals surface area contributed by atoms with E-state index >= 15 is 0 Å². The molecule has 0 unspecified atom stereocenters. The molecule has 0 amide bonds. The standard InChI is InChI=1S/C6H10NO4PS/c1-5-7-4-6(13-5)2-3-11-12(8,9)10/h4H,2-3H2,1H3,(H2,8,9,10). The molecule has 0 saturated carbocycles. The first-order chi connectivity index (χ1) is 5.97. The Balaban J connectivity index is 2.32. The first-order valence-electron chi connectivity index (χ1n) is 3.59. The summed E-state index contributed by atoms with van der Waals surface area (Å²) < 4.78 is 14.6. The zero-order valence-electron chi connectivity index (χ0n) is 7.01. The molecular formula is C6H10NO4PS. The molecule has 1 heterocycles. The van der Waals surface area contributed by atoms with Crippen molar-refractivity contribution in [3.63, 3.8) is 0 Å². The number of aryl methyl sites for hydroxylation is 1. The second kappa shape index (κ2) is 4.30. The van der Waals surface area contributed by atoms with Gasteiger partial charge in [-0.1, -0.05) is 0 Å². The fraction of sp³-hybridized carbons (Fsp3) is 0.500. The predicted molar refractivity (Wildman–Crippen MR) is 48.6 cm³/mol. The Kier molecular flexibility index (Phi) is 3.58. The van der Waals surface area contributed by atoms with Crippen LogP contribution in [-0.4, -0.2) is 21.4 Å². The number of thiazole rings is 1. The van der Waals surface area contributed by atoms with Crippen LogP contribution < -0.4 is 0 Å². The van der Waals surface area contributed by atoms with Crippen LogP contribution in [0.25, 0.3) is 0 Å². The third-order valence-electron chi connectivity index (χ3n) is 1.28. The van der Waals surface area contributed by atoms with Crippen LogP contribution >= 0.6 is 19.2 Å². The maximum absolute atomic E-state index is 10.3. The summed E-state index contributed by atoms with van der Waals surface area (Å²) in [6.07, 6.45) is 2.17. The van der Waals surface area contributed by atoms with E-state index in [0.29, 0.717) is 6.42 Å². The first-order valence-corrected chi connectivity index (χ1v) is 5.93. The van der Waals surface area contributed by atoms with Crippen molar-refractivity contribution in [2.24, 2.45) is 0 Å². The number of nitrogens with zero attached hydrogens (tertiary/aromatic N) is 1. The monoisotopic (exact) mass is 223 g/mol. The fourth-order valence-electron chi connectivity index (χ4n) is 0.786. The molecular weight excluding hydrogens is 213 g/mol. The molecule has 0 aliphatic carbocycles. The first kappa shape index (κ1) is 10.8. The number of aromatic nitrogens is 1. The molecule has 0 aromatic carbocycles. The Bertz CT molecular complexity index is 320. The van der Waals surface area contributed by atoms with Gasteiger partial charge in [-0.15, -0.1) is 11.3 Å². The van der Waals surface area contributed by atoms with E-state index in [1.807, 2.05) is 6.92 Å². The molecule has 7 heteroatoms. The van der Waals surface area contributed by atoms with Crippen LogP contribution in [0.2, 0.25) is 0 Å². The molecule has 0 aliphatic rings. The molecule has 1 aromatic heterocycles. The molecule has 0 bridgehead atoms. The third kappa shape index (κ3) is 4.50. The second-order valence-electron chi connectivity index (χ2n) is 2.42. The molecule has 1 aromatic rings. The summed E-state index contributed by atoms with van der Waals surface area (Å²) in [5.41, 5.74) is 0. The number of hydrogen-bond acceptors (Lipinski definition) is 4. The molecule has 5 nitrogen and oxygen atoms in total. The van der Waals surface area contributed by atoms with Crippen LogP contribution in [-0.2, 0) is 15.5 Å². The minimum absolute atomic E-state index is 0.0198. The lowest BCUT2D eigenvalue weighted by atomic mass is 10.4. The number of phosphoric acid groups is 1. The second-order valence-corrected chi connectivity index (χ2v) is 4.98. The Hall–Kier alpha value is -0.260. The lowest BCUT2D eigenvalue weighted by Crippen LogP contribution is -1.94. The van der Waals surface area contributed by atoms with Crippen molar-refractivity contribution in [3.05, 3.63) is 16.1 Å². The summed E-state index contributed by atoms with van der Waals surface area (Å²) in [5.74, 6) is 0. The van der Waals surface area contributed by atoms with Crippen molar-refractivity contribution in [2.75, 3.05) is 6.61 Å². The highest BCUT2D eigenvalue weighted by Crippen LogP contribution is 2.35. The van der Waals surface area contributed by atoms with Crippen molar-refractivity contribution >= 4 is 19.2 Å². The lowest BCUT2D eigenvalue weighted by Gasteiger charge is -2.02. The van der Waals surface area contributed by atoms with Gasteiger partial charge in [0.2, 0.25) is 0 Å². The predicted octanol–water partition coefficient (Wildman–Crippen LogP) is 1.10. The Morgan fingerprint density at radius 3 is 2.85 bits per heavy atom. The molecule has 0 saturated heterocycles. The van der Waals surface area contributed by atoms with E-state index in [1.165, 1.54) is 11.3 Å². The van der Waals surface area contributed by atoms with E-state index in [1.54, 1.807) is 6.20 Å². The van der Waals surface area contributed by atoms with Gasteiger partial charge in [-0.3, -0.25) is 4.52 Å². The minimum atomic E-state index is -4.31. The highest BCUT2D eigenvalue weighted by molar-refractivity contribution is 7.46. The van der Waals surface area contributed by atoms with Crippen molar-refractivity contribution in [3.8, 4) is 0 Å². The van der Waals surface area contributed by atoms with Crippen LogP contribution in [0.4, 0.5) is 0 Å². The van der Waals surface area contributed by atoms with Crippen molar-refractivity contribution in [2.45, 2.75) is 13.3 Å². The Morgan fingerprint density at radius 1 is 1.69 bits per heavy atom. The number of hydrogen-bond donors (Lipinski definition) is 2. The average Bonchev–Trinajstić information content (AvgIpc) is 2.33. The molecule has 13 heavy (non-hydrogen) atoms. The van der Waals surface area contributed by atoms with E-state index in [9.17, 15) is 4.57 Å². The summed E-state index contributed by atoms with van der Waals surface area (Å²) in [6.45, 7) is 1.89. The summed E-state index contributed by atoms with van der Waals surface area (Å²) in [6, 6.07) is 0. The summed E-state index contributed by atoms with van der Waals surface area (Å²) >= 11 is 1.49. The molecule has 0 fully saturated rings. The maximum Gasteiger partial charge on any atom is 0.469 e. The Labute approximate surface area is 79.6 Å². The molecule has 1 rings (SSSR count). The topological polar surface area (TPSA) is 79.7 Å². The highest BCUT2D eigenvalue weighted by Gasteiger charge is 2.13. The van der Waals surface area contributed by atoms with E-state index in [0.717, 1.165) is 9.88 Å². The van der Waals surface area contributed by atoms with Gasteiger partial charge in [0.1, 0.15) is 0 Å². The van der Waals surface area contributed by atoms with E-state index in [-0.39, 0.29) is 6.61 Å². The fourth-order valence-corrected chi connectivity index (χ4v) is 1.89. The van der Waals surface area contributed by atoms with Gasteiger partial charge in [-0.05, 0) is 6.92 Å². The van der Waals surface area contributed by atoms with Crippen molar-refractivity contribution < 1.29 is 18.9 Å². The van der Waals surface area contributed by atoms with Gasteiger partial charge >= 0.3 is 7.82 Å². The normalized spacial score (nSPS) is 11.9. The smallest absolute Gasteiger partial charge is 0.303 e. The van der Waals surface area contributed by atoms with Crippen molar-refractivity contribution in [1.29, 1.82) is 0 Å². The van der Waals surface area contributed by atoms with Crippen LogP contribution in [0.15, 0.2) is 6.20 Å². The van der Waals surface area contributed by atoms with Gasteiger partial charge in [-0.2, -0.15) is 0 Å². The summed E-state index contributed by atoms with van der Waals surface area (Å²) in [5, 5.41) is 0.936. The maximum atomic E-state index is 10.3. The van der Waals surface area contributed by atoms with Gasteiger partial charge in [0.15, 0.2) is 0 Å². The van der Waals surface area contributed by atoms with Crippen molar-refractivity contribution in [1.82, 2.24) is 4.98 Å². The zero-order valence-corrected chi connectivity index (χ0v) is 8.72. The molecule has 74 valence electrons. The van der Waals surface area contributed by atoms with Gasteiger partial charge in [0.05, 0.1) is 11.6 Å². The molecule has 0 aliphatic heterocycles. The highest BCUT2D eigenvalue weighted by atomic mass is 32.1. The molecule has 2 N–H and O–H groups in total. The molecule has 0 atom stereocenters. The van der Waals surface area contributed by atoms with Crippen LogP contribution in [0.5, 0.6) is 0 Å². The van der Waals surface area contributed by atoms with Gasteiger partial charge in [0.25, 0.3) is 0 Å². The van der Waals surface area contributed by atoms with E-state index in [2.05, 4.69) is 9.51 Å². The van der Waals surface area contributed by atoms with Gasteiger partial charge in [-0.25, -0.2) is 9.55 Å². The van der Waals surface area contributed by atoms with Gasteiger partial charge in [0, 0.05) is 17.5 Å². The molecule has 0 radical (unpaired) electrons. The summed E-state index contributed by atoms with van der Waals surface area (Å²) in [4.78, 5) is 21.7. The minimum Gasteiger partial charge on any atom is -0.303 e. The van der Waals surface area contributed by atoms with E-state index < -0.39 is 7.82 Å². The van der Waals surface area contributed by atoms with Crippen LogP contribution in [0.3, 0.4) is 0 Å². The van der Waals surface area contributed by atoms with Crippen LogP contribution in [0.1, 0.15) is 9.88 Å². The SMILES string of the molecule is Cc1ncc(CCOP(=O)(O)O)s1. The number of rotatable bonds is 4. The summed E-state index contributed by atoms with van der Waals surface area (Å²) in [7, 11) is -4.31. The zero-order chi connectivity index (χ0) is 9.90. The molecule has 0 spiro atoms.